The molecule has 0 aliphatic carbocycles. The van der Waals surface area contributed by atoms with Crippen molar-refractivity contribution in [2.24, 2.45) is 0 Å². The van der Waals surface area contributed by atoms with E-state index in [2.05, 4.69) is 4.98 Å². The van der Waals surface area contributed by atoms with E-state index in [1.165, 1.54) is 18.4 Å². The molecule has 0 N–H and O–H groups in total. The summed E-state index contributed by atoms with van der Waals surface area (Å²) in [6.45, 7) is 5.79. The minimum atomic E-state index is -0.429. The second-order valence-corrected chi connectivity index (χ2v) is 4.71. The normalized spacial score (nSPS) is 14.6. The van der Waals surface area contributed by atoms with Crippen molar-refractivity contribution in [2.45, 2.75) is 32.8 Å². The number of aromatic nitrogens is 1. The van der Waals surface area contributed by atoms with Crippen molar-refractivity contribution in [3.05, 3.63) is 15.6 Å². The third-order valence-electron chi connectivity index (χ3n) is 2.74. The SMILES string of the molecule is CCC(C)(OC)c1nc(C)c(C(=O)OC)s1. The molecule has 1 unspecified atom stereocenters. The Kier molecular flexibility index (Phi) is 4.04. The molecule has 0 saturated carbocycles. The van der Waals surface area contributed by atoms with Crippen molar-refractivity contribution < 1.29 is 14.3 Å². The van der Waals surface area contributed by atoms with Gasteiger partial charge in [0.1, 0.15) is 15.5 Å². The summed E-state index contributed by atoms with van der Waals surface area (Å²) in [4.78, 5) is 16.4. The number of nitrogens with zero attached hydrogens (tertiary/aromatic N) is 1. The van der Waals surface area contributed by atoms with Crippen LogP contribution in [0.5, 0.6) is 0 Å². The molecule has 90 valence electrons. The van der Waals surface area contributed by atoms with Gasteiger partial charge in [0.2, 0.25) is 0 Å². The van der Waals surface area contributed by atoms with E-state index in [0.29, 0.717) is 10.6 Å². The Labute approximate surface area is 99.6 Å². The van der Waals surface area contributed by atoms with Crippen molar-refractivity contribution in [1.82, 2.24) is 4.98 Å². The predicted molar refractivity (Wildman–Crippen MR) is 62.8 cm³/mol. The fraction of sp³-hybridized carbons (Fsp3) is 0.636. The number of hydrogen-bond acceptors (Lipinski definition) is 5. The van der Waals surface area contributed by atoms with Gasteiger partial charge in [0, 0.05) is 7.11 Å². The molecule has 0 aliphatic rings. The number of thiazole rings is 1. The highest BCUT2D eigenvalue weighted by atomic mass is 32.1. The zero-order chi connectivity index (χ0) is 12.3. The number of esters is 1. The van der Waals surface area contributed by atoms with Gasteiger partial charge >= 0.3 is 5.97 Å². The Bertz CT molecular complexity index is 383. The summed E-state index contributed by atoms with van der Waals surface area (Å²) in [6, 6.07) is 0. The number of rotatable bonds is 4. The first kappa shape index (κ1) is 13.1. The number of ether oxygens (including phenoxy) is 2. The second-order valence-electron chi connectivity index (χ2n) is 3.71. The Morgan fingerprint density at radius 2 is 2.12 bits per heavy atom. The van der Waals surface area contributed by atoms with Gasteiger partial charge < -0.3 is 9.47 Å². The van der Waals surface area contributed by atoms with Crippen LogP contribution in [-0.4, -0.2) is 25.2 Å². The molecule has 0 fully saturated rings. The zero-order valence-electron chi connectivity index (χ0n) is 10.3. The number of carbonyl (C=O) groups is 1. The summed E-state index contributed by atoms with van der Waals surface area (Å²) >= 11 is 1.34. The van der Waals surface area contributed by atoms with Crippen LogP contribution >= 0.6 is 11.3 Å². The van der Waals surface area contributed by atoms with Gasteiger partial charge in [-0.15, -0.1) is 11.3 Å². The summed E-state index contributed by atoms with van der Waals surface area (Å²) in [7, 11) is 3.02. The molecule has 0 bridgehead atoms. The molecule has 0 aliphatic heterocycles. The maximum atomic E-state index is 11.5. The topological polar surface area (TPSA) is 48.4 Å². The summed E-state index contributed by atoms with van der Waals surface area (Å²) in [5.41, 5.74) is 0.269. The number of carbonyl (C=O) groups excluding carboxylic acids is 1. The highest BCUT2D eigenvalue weighted by Gasteiger charge is 2.30. The lowest BCUT2D eigenvalue weighted by molar-refractivity contribution is -0.00163. The maximum Gasteiger partial charge on any atom is 0.349 e. The van der Waals surface area contributed by atoms with E-state index in [1.54, 1.807) is 14.0 Å². The van der Waals surface area contributed by atoms with Crippen molar-refractivity contribution in [2.75, 3.05) is 14.2 Å². The van der Waals surface area contributed by atoms with E-state index >= 15 is 0 Å². The fourth-order valence-corrected chi connectivity index (χ4v) is 2.47. The van der Waals surface area contributed by atoms with Crippen LogP contribution in [0.25, 0.3) is 0 Å². The zero-order valence-corrected chi connectivity index (χ0v) is 11.1. The Morgan fingerprint density at radius 1 is 1.50 bits per heavy atom. The average Bonchev–Trinajstić information content (AvgIpc) is 2.69. The average molecular weight is 243 g/mol. The lowest BCUT2D eigenvalue weighted by atomic mass is 10.1. The molecule has 5 heteroatoms. The van der Waals surface area contributed by atoms with E-state index in [9.17, 15) is 4.79 Å². The molecule has 1 heterocycles. The molecule has 1 rings (SSSR count). The number of aryl methyl sites for hydroxylation is 1. The fourth-order valence-electron chi connectivity index (χ4n) is 1.29. The highest BCUT2D eigenvalue weighted by Crippen LogP contribution is 2.33. The molecule has 1 aromatic rings. The second kappa shape index (κ2) is 4.93. The largest absolute Gasteiger partial charge is 0.465 e. The smallest absolute Gasteiger partial charge is 0.349 e. The minimum absolute atomic E-state index is 0.337. The third kappa shape index (κ3) is 2.25. The number of methoxy groups -OCH3 is 2. The Balaban J connectivity index is 3.14. The summed E-state index contributed by atoms with van der Waals surface area (Å²) in [5.74, 6) is -0.337. The monoisotopic (exact) mass is 243 g/mol. The Morgan fingerprint density at radius 3 is 2.56 bits per heavy atom. The van der Waals surface area contributed by atoms with E-state index in [1.807, 2.05) is 13.8 Å². The molecule has 0 spiro atoms. The predicted octanol–water partition coefficient (Wildman–Crippen LogP) is 2.51. The molecular weight excluding hydrogens is 226 g/mol. The van der Waals surface area contributed by atoms with E-state index < -0.39 is 5.60 Å². The van der Waals surface area contributed by atoms with Gasteiger partial charge in [-0.1, -0.05) is 6.92 Å². The molecule has 0 aromatic carbocycles. The molecule has 0 amide bonds. The molecule has 16 heavy (non-hydrogen) atoms. The van der Waals surface area contributed by atoms with E-state index in [4.69, 9.17) is 9.47 Å². The van der Waals surface area contributed by atoms with Crippen LogP contribution in [-0.2, 0) is 15.1 Å². The van der Waals surface area contributed by atoms with Gasteiger partial charge in [0.15, 0.2) is 0 Å². The Hall–Kier alpha value is -0.940. The number of hydrogen-bond donors (Lipinski definition) is 0. The first-order valence-corrected chi connectivity index (χ1v) is 5.91. The van der Waals surface area contributed by atoms with Gasteiger partial charge in [0.25, 0.3) is 0 Å². The van der Waals surface area contributed by atoms with Crippen molar-refractivity contribution >= 4 is 17.3 Å². The van der Waals surface area contributed by atoms with Crippen molar-refractivity contribution in [1.29, 1.82) is 0 Å². The van der Waals surface area contributed by atoms with Gasteiger partial charge in [-0.3, -0.25) is 0 Å². The summed E-state index contributed by atoms with van der Waals surface area (Å²) in [6.07, 6.45) is 0.803. The third-order valence-corrected chi connectivity index (χ3v) is 4.13. The van der Waals surface area contributed by atoms with Crippen molar-refractivity contribution in [3.63, 3.8) is 0 Å². The highest BCUT2D eigenvalue weighted by molar-refractivity contribution is 7.13. The van der Waals surface area contributed by atoms with Gasteiger partial charge in [0.05, 0.1) is 12.8 Å². The molecular formula is C11H17NO3S. The molecule has 1 aromatic heterocycles. The van der Waals surface area contributed by atoms with Crippen LogP contribution in [0, 0.1) is 6.92 Å². The molecule has 1 atom stereocenters. The van der Waals surface area contributed by atoms with Crippen molar-refractivity contribution in [3.8, 4) is 0 Å². The van der Waals surface area contributed by atoms with Gasteiger partial charge in [-0.2, -0.15) is 0 Å². The van der Waals surface area contributed by atoms with E-state index in [0.717, 1.165) is 11.4 Å². The summed E-state index contributed by atoms with van der Waals surface area (Å²) in [5, 5.41) is 0.815. The maximum absolute atomic E-state index is 11.5. The molecule has 0 saturated heterocycles. The van der Waals surface area contributed by atoms with Crippen LogP contribution in [0.3, 0.4) is 0 Å². The van der Waals surface area contributed by atoms with E-state index in [-0.39, 0.29) is 5.97 Å². The lowest BCUT2D eigenvalue weighted by Gasteiger charge is -2.23. The standard InChI is InChI=1S/C11H17NO3S/c1-6-11(3,15-5)10-12-7(2)8(16-10)9(13)14-4/h6H2,1-5H3. The van der Waals surface area contributed by atoms with Crippen LogP contribution in [0.1, 0.15) is 40.6 Å². The van der Waals surface area contributed by atoms with Crippen LogP contribution in [0.2, 0.25) is 0 Å². The minimum Gasteiger partial charge on any atom is -0.465 e. The molecule has 4 nitrogen and oxygen atoms in total. The quantitative estimate of drug-likeness (QED) is 0.762. The van der Waals surface area contributed by atoms with Crippen LogP contribution in [0.15, 0.2) is 0 Å². The van der Waals surface area contributed by atoms with Crippen LogP contribution < -0.4 is 0 Å². The first-order chi connectivity index (χ1) is 7.48. The van der Waals surface area contributed by atoms with Gasteiger partial charge in [-0.05, 0) is 20.3 Å². The lowest BCUT2D eigenvalue weighted by Crippen LogP contribution is -2.22. The first-order valence-electron chi connectivity index (χ1n) is 5.09. The summed E-state index contributed by atoms with van der Waals surface area (Å²) < 4.78 is 10.2. The van der Waals surface area contributed by atoms with Gasteiger partial charge in [-0.25, -0.2) is 9.78 Å². The molecule has 0 radical (unpaired) electrons. The van der Waals surface area contributed by atoms with Crippen LogP contribution in [0.4, 0.5) is 0 Å².